The highest BCUT2D eigenvalue weighted by Crippen LogP contribution is 2.30. The third kappa shape index (κ3) is 3.12. The van der Waals surface area contributed by atoms with Crippen molar-refractivity contribution >= 4 is 46.3 Å². The maximum absolute atomic E-state index is 4.93. The third-order valence-corrected chi connectivity index (χ3v) is 5.95. The Morgan fingerprint density at radius 2 is 1.79 bits per heavy atom. The first-order valence-corrected chi connectivity index (χ1v) is 10.6. The minimum Gasteiger partial charge on any atom is -0.353 e. The van der Waals surface area contributed by atoms with Gasteiger partial charge in [0.2, 0.25) is 5.95 Å². The molecule has 7 nitrogen and oxygen atoms in total. The van der Waals surface area contributed by atoms with E-state index in [9.17, 15) is 0 Å². The van der Waals surface area contributed by atoms with E-state index in [1.165, 1.54) is 0 Å². The highest BCUT2D eigenvalue weighted by molar-refractivity contribution is 7.99. The first-order chi connectivity index (χ1) is 11.9. The Balaban J connectivity index is 1.84. The standard InChI is InChI=1S/C15H21N7S2/c1-23-14-12-11(17-10-18-14)13(21-6-8-24-9-7-21)20-15(19-12)22-4-2-16-3-5-22/h10,16H,2-9H2,1H3. The zero-order valence-electron chi connectivity index (χ0n) is 13.7. The highest BCUT2D eigenvalue weighted by Gasteiger charge is 2.22. The molecule has 2 aromatic heterocycles. The lowest BCUT2D eigenvalue weighted by atomic mass is 10.3. The molecule has 0 spiro atoms. The number of hydrogen-bond donors (Lipinski definition) is 1. The highest BCUT2D eigenvalue weighted by atomic mass is 32.2. The van der Waals surface area contributed by atoms with Crippen molar-refractivity contribution in [3.63, 3.8) is 0 Å². The van der Waals surface area contributed by atoms with Crippen LogP contribution in [0.5, 0.6) is 0 Å². The van der Waals surface area contributed by atoms with Crippen LogP contribution in [0.15, 0.2) is 11.4 Å². The predicted molar refractivity (Wildman–Crippen MR) is 102 cm³/mol. The summed E-state index contributed by atoms with van der Waals surface area (Å²) in [6.45, 7) is 5.83. The topological polar surface area (TPSA) is 70.1 Å². The van der Waals surface area contributed by atoms with Crippen molar-refractivity contribution in [1.82, 2.24) is 25.3 Å². The first-order valence-electron chi connectivity index (χ1n) is 8.22. The van der Waals surface area contributed by atoms with E-state index in [1.54, 1.807) is 18.1 Å². The van der Waals surface area contributed by atoms with Crippen LogP contribution >= 0.6 is 23.5 Å². The van der Waals surface area contributed by atoms with Crippen LogP contribution in [0.4, 0.5) is 11.8 Å². The Morgan fingerprint density at radius 3 is 2.54 bits per heavy atom. The molecule has 0 aliphatic carbocycles. The van der Waals surface area contributed by atoms with E-state index in [0.29, 0.717) is 0 Å². The van der Waals surface area contributed by atoms with Crippen molar-refractivity contribution < 1.29 is 0 Å². The lowest BCUT2D eigenvalue weighted by molar-refractivity contribution is 0.580. The van der Waals surface area contributed by atoms with Gasteiger partial charge in [-0.15, -0.1) is 11.8 Å². The lowest BCUT2D eigenvalue weighted by Gasteiger charge is -2.31. The summed E-state index contributed by atoms with van der Waals surface area (Å²) < 4.78 is 0. The molecule has 2 aliphatic rings. The largest absolute Gasteiger partial charge is 0.353 e. The van der Waals surface area contributed by atoms with Crippen molar-refractivity contribution in [2.45, 2.75) is 5.03 Å². The Bertz CT molecular complexity index is 714. The summed E-state index contributed by atoms with van der Waals surface area (Å²) in [6.07, 6.45) is 3.66. The molecule has 4 rings (SSSR count). The van der Waals surface area contributed by atoms with Gasteiger partial charge in [-0.1, -0.05) is 0 Å². The van der Waals surface area contributed by atoms with Crippen LogP contribution < -0.4 is 15.1 Å². The molecule has 1 N–H and O–H groups in total. The summed E-state index contributed by atoms with van der Waals surface area (Å²) in [5.74, 6) is 4.04. The lowest BCUT2D eigenvalue weighted by Crippen LogP contribution is -2.44. The zero-order valence-corrected chi connectivity index (χ0v) is 15.4. The van der Waals surface area contributed by atoms with E-state index in [2.05, 4.69) is 25.1 Å². The summed E-state index contributed by atoms with van der Waals surface area (Å²) in [7, 11) is 0. The van der Waals surface area contributed by atoms with Gasteiger partial charge < -0.3 is 15.1 Å². The van der Waals surface area contributed by atoms with Crippen LogP contribution in [-0.4, -0.2) is 77.0 Å². The van der Waals surface area contributed by atoms with Crippen LogP contribution in [0.2, 0.25) is 0 Å². The predicted octanol–water partition coefficient (Wildman–Crippen LogP) is 1.10. The normalized spacial score (nSPS) is 19.0. The second kappa shape index (κ2) is 7.28. The molecule has 2 aromatic rings. The van der Waals surface area contributed by atoms with Gasteiger partial charge in [0.1, 0.15) is 22.4 Å². The Kier molecular flexibility index (Phi) is 4.91. The quantitative estimate of drug-likeness (QED) is 0.638. The molecule has 2 aliphatic heterocycles. The van der Waals surface area contributed by atoms with Crippen molar-refractivity contribution in [2.75, 3.05) is 66.8 Å². The van der Waals surface area contributed by atoms with Gasteiger partial charge in [0.15, 0.2) is 5.82 Å². The van der Waals surface area contributed by atoms with Crippen molar-refractivity contribution in [1.29, 1.82) is 0 Å². The first kappa shape index (κ1) is 16.2. The number of rotatable bonds is 3. The minimum atomic E-state index is 0.808. The molecular weight excluding hydrogens is 342 g/mol. The molecule has 24 heavy (non-hydrogen) atoms. The number of anilines is 2. The molecule has 2 saturated heterocycles. The van der Waals surface area contributed by atoms with E-state index in [-0.39, 0.29) is 0 Å². The Morgan fingerprint density at radius 1 is 1.00 bits per heavy atom. The Hall–Kier alpha value is -1.32. The second-order valence-corrected chi connectivity index (χ2v) is 7.78. The molecule has 0 radical (unpaired) electrons. The molecule has 2 fully saturated rings. The number of aromatic nitrogens is 4. The van der Waals surface area contributed by atoms with E-state index >= 15 is 0 Å². The average molecular weight is 364 g/mol. The minimum absolute atomic E-state index is 0.808. The van der Waals surface area contributed by atoms with Gasteiger partial charge in [-0.3, -0.25) is 0 Å². The average Bonchev–Trinajstić information content (AvgIpc) is 2.68. The van der Waals surface area contributed by atoms with Crippen molar-refractivity contribution in [3.05, 3.63) is 6.33 Å². The van der Waals surface area contributed by atoms with E-state index in [4.69, 9.17) is 9.97 Å². The van der Waals surface area contributed by atoms with E-state index in [0.717, 1.165) is 78.6 Å². The number of thioether (sulfide) groups is 2. The smallest absolute Gasteiger partial charge is 0.228 e. The number of piperazine rings is 1. The number of nitrogens with one attached hydrogen (secondary N) is 1. The van der Waals surface area contributed by atoms with Crippen LogP contribution in [0.3, 0.4) is 0 Å². The van der Waals surface area contributed by atoms with Gasteiger partial charge in [0.25, 0.3) is 0 Å². The van der Waals surface area contributed by atoms with Crippen LogP contribution in [0.25, 0.3) is 11.0 Å². The fourth-order valence-corrected chi connectivity index (χ4v) is 4.44. The molecule has 0 atom stereocenters. The molecule has 0 unspecified atom stereocenters. The number of fused-ring (bicyclic) bond motifs is 1. The molecule has 9 heteroatoms. The molecule has 0 bridgehead atoms. The number of hydrogen-bond acceptors (Lipinski definition) is 9. The molecule has 0 aromatic carbocycles. The fraction of sp³-hybridized carbons (Fsp3) is 0.600. The summed E-state index contributed by atoms with van der Waals surface area (Å²) >= 11 is 3.61. The molecule has 0 saturated carbocycles. The Labute approximate surface area is 150 Å². The van der Waals surface area contributed by atoms with Gasteiger partial charge in [0.05, 0.1) is 0 Å². The van der Waals surface area contributed by atoms with Gasteiger partial charge >= 0.3 is 0 Å². The molecule has 128 valence electrons. The monoisotopic (exact) mass is 363 g/mol. The van der Waals surface area contributed by atoms with Gasteiger partial charge in [-0.2, -0.15) is 16.7 Å². The molecule has 0 amide bonds. The second-order valence-electron chi connectivity index (χ2n) is 5.76. The maximum Gasteiger partial charge on any atom is 0.228 e. The van der Waals surface area contributed by atoms with Crippen molar-refractivity contribution in [2.24, 2.45) is 0 Å². The van der Waals surface area contributed by atoms with Gasteiger partial charge in [-0.05, 0) is 6.26 Å². The van der Waals surface area contributed by atoms with Crippen LogP contribution in [0.1, 0.15) is 0 Å². The van der Waals surface area contributed by atoms with Gasteiger partial charge in [0, 0.05) is 50.8 Å². The summed E-state index contributed by atoms with van der Waals surface area (Å²) in [4.78, 5) is 23.3. The summed E-state index contributed by atoms with van der Waals surface area (Å²) in [5, 5.41) is 4.31. The molecular formula is C15H21N7S2. The van der Waals surface area contributed by atoms with E-state index < -0.39 is 0 Å². The summed E-state index contributed by atoms with van der Waals surface area (Å²) in [5.41, 5.74) is 1.75. The van der Waals surface area contributed by atoms with Crippen molar-refractivity contribution in [3.8, 4) is 0 Å². The number of nitrogens with zero attached hydrogens (tertiary/aromatic N) is 6. The third-order valence-electron chi connectivity index (χ3n) is 4.32. The summed E-state index contributed by atoms with van der Waals surface area (Å²) in [6, 6.07) is 0. The maximum atomic E-state index is 4.93. The zero-order chi connectivity index (χ0) is 16.4. The van der Waals surface area contributed by atoms with Crippen LogP contribution in [-0.2, 0) is 0 Å². The fourth-order valence-electron chi connectivity index (χ4n) is 3.05. The SMILES string of the molecule is CSc1ncnc2c(N3CCSCC3)nc(N3CCNCC3)nc12. The molecule has 4 heterocycles. The van der Waals surface area contributed by atoms with E-state index in [1.807, 2.05) is 18.0 Å². The van der Waals surface area contributed by atoms with Gasteiger partial charge in [-0.25, -0.2) is 15.0 Å². The van der Waals surface area contributed by atoms with Crippen LogP contribution in [0, 0.1) is 0 Å².